The van der Waals surface area contributed by atoms with Crippen molar-refractivity contribution in [3.05, 3.63) is 34.9 Å². The number of hydrogen-bond donors (Lipinski definition) is 0. The van der Waals surface area contributed by atoms with Crippen molar-refractivity contribution in [3.8, 4) is 6.07 Å². The van der Waals surface area contributed by atoms with Gasteiger partial charge in [-0.2, -0.15) is 5.26 Å². The summed E-state index contributed by atoms with van der Waals surface area (Å²) in [6, 6.07) is 7.99. The van der Waals surface area contributed by atoms with Crippen molar-refractivity contribution in [2.24, 2.45) is 11.3 Å². The quantitative estimate of drug-likeness (QED) is 0.734. The van der Waals surface area contributed by atoms with Crippen LogP contribution in [-0.2, 0) is 5.41 Å². The molecule has 0 saturated heterocycles. The maximum atomic E-state index is 12.6. The van der Waals surface area contributed by atoms with Crippen molar-refractivity contribution < 1.29 is 9.59 Å². The van der Waals surface area contributed by atoms with Crippen LogP contribution in [-0.4, -0.2) is 11.6 Å². The van der Waals surface area contributed by atoms with E-state index in [2.05, 4.69) is 13.0 Å². The number of nitrogens with zero attached hydrogens (tertiary/aromatic N) is 1. The van der Waals surface area contributed by atoms with E-state index in [1.54, 1.807) is 6.07 Å². The normalized spacial score (nSPS) is 33.5. The van der Waals surface area contributed by atoms with Gasteiger partial charge in [-0.3, -0.25) is 9.59 Å². The summed E-state index contributed by atoms with van der Waals surface area (Å²) in [5, 5.41) is 9.65. The third-order valence-corrected chi connectivity index (χ3v) is 5.92. The van der Waals surface area contributed by atoms with Gasteiger partial charge in [0, 0.05) is 17.5 Å². The second kappa shape index (κ2) is 4.78. The summed E-state index contributed by atoms with van der Waals surface area (Å²) >= 11 is 0. The molecular weight excluding hydrogens is 274 g/mol. The number of carbonyl (C=O) groups excluding carboxylic acids is 2. The van der Waals surface area contributed by atoms with E-state index >= 15 is 0 Å². The summed E-state index contributed by atoms with van der Waals surface area (Å²) in [7, 11) is 0. The molecule has 0 aliphatic heterocycles. The number of Topliss-reactive ketones (excluding diaryl/α,β-unsaturated/α-hetero) is 2. The van der Waals surface area contributed by atoms with Crippen molar-refractivity contribution in [2.45, 2.75) is 51.9 Å². The van der Waals surface area contributed by atoms with Crippen LogP contribution in [0.15, 0.2) is 18.2 Å². The highest BCUT2D eigenvalue weighted by atomic mass is 16.1. The number of fused-ring (bicyclic) bond motifs is 3. The van der Waals surface area contributed by atoms with Gasteiger partial charge in [0.2, 0.25) is 0 Å². The van der Waals surface area contributed by atoms with Crippen LogP contribution in [0.3, 0.4) is 0 Å². The summed E-state index contributed by atoms with van der Waals surface area (Å²) in [6.45, 7) is 5.70. The molecule has 1 saturated carbocycles. The molecule has 2 aliphatic carbocycles. The third-order valence-electron chi connectivity index (χ3n) is 5.92. The minimum Gasteiger partial charge on any atom is -0.295 e. The zero-order valence-electron chi connectivity index (χ0n) is 13.4. The summed E-state index contributed by atoms with van der Waals surface area (Å²) in [4.78, 5) is 24.2. The van der Waals surface area contributed by atoms with E-state index < -0.39 is 5.41 Å². The Morgan fingerprint density at radius 1 is 1.32 bits per heavy atom. The third kappa shape index (κ3) is 1.94. The number of benzene rings is 1. The SMILES string of the molecule is CC(=O)c1ccc2c(c1)C(=O)C[C@H]1[C@](C)(C#N)CCC[C@]21C. The maximum Gasteiger partial charge on any atom is 0.163 e. The van der Waals surface area contributed by atoms with Crippen molar-refractivity contribution in [3.63, 3.8) is 0 Å². The van der Waals surface area contributed by atoms with E-state index in [9.17, 15) is 14.9 Å². The summed E-state index contributed by atoms with van der Waals surface area (Å²) in [5.74, 6) is 0.110. The van der Waals surface area contributed by atoms with Crippen molar-refractivity contribution in [2.75, 3.05) is 0 Å². The highest BCUT2D eigenvalue weighted by molar-refractivity contribution is 6.03. The van der Waals surface area contributed by atoms with Crippen molar-refractivity contribution >= 4 is 11.6 Å². The van der Waals surface area contributed by atoms with Gasteiger partial charge in [-0.1, -0.05) is 25.5 Å². The van der Waals surface area contributed by atoms with Gasteiger partial charge >= 0.3 is 0 Å². The van der Waals surface area contributed by atoms with Crippen LogP contribution in [0, 0.1) is 22.7 Å². The van der Waals surface area contributed by atoms with Gasteiger partial charge in [0.15, 0.2) is 11.6 Å². The Labute approximate surface area is 131 Å². The van der Waals surface area contributed by atoms with E-state index in [4.69, 9.17) is 0 Å². The molecule has 1 aromatic rings. The highest BCUT2D eigenvalue weighted by Gasteiger charge is 2.54. The first-order valence-electron chi connectivity index (χ1n) is 7.92. The first kappa shape index (κ1) is 15.0. The zero-order chi connectivity index (χ0) is 16.1. The molecule has 2 aliphatic rings. The van der Waals surface area contributed by atoms with Gasteiger partial charge in [0.05, 0.1) is 11.5 Å². The molecule has 0 unspecified atom stereocenters. The molecule has 22 heavy (non-hydrogen) atoms. The number of carbonyl (C=O) groups is 2. The smallest absolute Gasteiger partial charge is 0.163 e. The van der Waals surface area contributed by atoms with Crippen LogP contribution in [0.5, 0.6) is 0 Å². The Morgan fingerprint density at radius 3 is 2.68 bits per heavy atom. The molecule has 3 nitrogen and oxygen atoms in total. The monoisotopic (exact) mass is 295 g/mol. The van der Waals surface area contributed by atoms with Gasteiger partial charge in [-0.05, 0) is 49.7 Å². The van der Waals surface area contributed by atoms with E-state index in [-0.39, 0.29) is 22.9 Å². The molecule has 3 heteroatoms. The number of ketones is 2. The molecule has 1 aromatic carbocycles. The lowest BCUT2D eigenvalue weighted by atomic mass is 9.50. The molecule has 0 bridgehead atoms. The number of hydrogen-bond acceptors (Lipinski definition) is 3. The fraction of sp³-hybridized carbons (Fsp3) is 0.526. The minimum atomic E-state index is -0.445. The van der Waals surface area contributed by atoms with Crippen molar-refractivity contribution in [1.82, 2.24) is 0 Å². The Morgan fingerprint density at radius 2 is 2.05 bits per heavy atom. The van der Waals surface area contributed by atoms with Crippen molar-refractivity contribution in [1.29, 1.82) is 5.26 Å². The highest BCUT2D eigenvalue weighted by Crippen LogP contribution is 2.56. The lowest BCUT2D eigenvalue weighted by molar-refractivity contribution is 0.0556. The average molecular weight is 295 g/mol. The average Bonchev–Trinajstić information content (AvgIpc) is 2.49. The first-order valence-corrected chi connectivity index (χ1v) is 7.92. The number of nitriles is 1. The topological polar surface area (TPSA) is 57.9 Å². The molecule has 114 valence electrons. The van der Waals surface area contributed by atoms with Gasteiger partial charge in [-0.15, -0.1) is 0 Å². The van der Waals surface area contributed by atoms with Crippen LogP contribution in [0.25, 0.3) is 0 Å². The van der Waals surface area contributed by atoms with Crippen LogP contribution in [0.4, 0.5) is 0 Å². The Balaban J connectivity index is 2.18. The molecule has 0 aromatic heterocycles. The van der Waals surface area contributed by atoms with Crippen LogP contribution >= 0.6 is 0 Å². The van der Waals surface area contributed by atoms with Crippen LogP contribution in [0.1, 0.15) is 72.7 Å². The standard InChI is InChI=1S/C19H21NO2/c1-12(21)13-5-6-15-14(9-13)16(22)10-17-18(2,11-20)7-4-8-19(15,17)3/h5-6,9,17H,4,7-8,10H2,1-3H3/t17-,18-,19+/m0/s1. The van der Waals surface area contributed by atoms with E-state index in [1.165, 1.54) is 6.92 Å². The molecule has 0 amide bonds. The molecule has 3 rings (SSSR count). The summed E-state index contributed by atoms with van der Waals surface area (Å²) < 4.78 is 0. The van der Waals surface area contributed by atoms with Crippen LogP contribution in [0.2, 0.25) is 0 Å². The molecular formula is C19H21NO2. The molecule has 1 fully saturated rings. The fourth-order valence-corrected chi connectivity index (χ4v) is 4.57. The second-order valence-corrected chi connectivity index (χ2v) is 7.30. The van der Waals surface area contributed by atoms with Gasteiger partial charge < -0.3 is 0 Å². The molecule has 3 atom stereocenters. The Hall–Kier alpha value is -1.95. The summed E-state index contributed by atoms with van der Waals surface area (Å²) in [5.41, 5.74) is 1.71. The lowest BCUT2D eigenvalue weighted by Crippen LogP contribution is -2.50. The summed E-state index contributed by atoms with van der Waals surface area (Å²) in [6.07, 6.45) is 3.26. The van der Waals surface area contributed by atoms with Crippen LogP contribution < -0.4 is 0 Å². The minimum absolute atomic E-state index is 0.0200. The second-order valence-electron chi connectivity index (χ2n) is 7.30. The Kier molecular flexibility index (Phi) is 3.25. The predicted molar refractivity (Wildman–Crippen MR) is 83.8 cm³/mol. The molecule has 0 spiro atoms. The number of rotatable bonds is 1. The van der Waals surface area contributed by atoms with E-state index in [1.807, 2.05) is 19.1 Å². The zero-order valence-corrected chi connectivity index (χ0v) is 13.4. The predicted octanol–water partition coefficient (Wildman–Crippen LogP) is 4.06. The molecule has 0 N–H and O–H groups in total. The largest absolute Gasteiger partial charge is 0.295 e. The van der Waals surface area contributed by atoms with E-state index in [0.717, 1.165) is 24.8 Å². The molecule has 0 radical (unpaired) electrons. The first-order chi connectivity index (χ1) is 10.3. The lowest BCUT2D eigenvalue weighted by Gasteiger charge is -2.52. The molecule has 0 heterocycles. The Bertz CT molecular complexity index is 715. The van der Waals surface area contributed by atoms with E-state index in [0.29, 0.717) is 17.5 Å². The van der Waals surface area contributed by atoms with Gasteiger partial charge in [0.1, 0.15) is 0 Å². The van der Waals surface area contributed by atoms with Gasteiger partial charge in [0.25, 0.3) is 0 Å². The fourth-order valence-electron chi connectivity index (χ4n) is 4.57. The van der Waals surface area contributed by atoms with Gasteiger partial charge in [-0.25, -0.2) is 0 Å². The maximum absolute atomic E-state index is 12.6.